The van der Waals surface area contributed by atoms with Gasteiger partial charge in [0.05, 0.1) is 11.1 Å². The van der Waals surface area contributed by atoms with Crippen LogP contribution in [0, 0.1) is 5.92 Å². The van der Waals surface area contributed by atoms with Gasteiger partial charge in [0.15, 0.2) is 11.7 Å². The number of ether oxygens (including phenoxy) is 2. The van der Waals surface area contributed by atoms with Crippen LogP contribution in [-0.2, 0) is 11.2 Å². The monoisotopic (exact) mass is 521 g/mol. The first-order valence-corrected chi connectivity index (χ1v) is 11.5. The highest BCUT2D eigenvalue weighted by Crippen LogP contribution is 2.26. The van der Waals surface area contributed by atoms with Crippen molar-refractivity contribution in [3.8, 4) is 11.5 Å². The van der Waals surface area contributed by atoms with E-state index in [0.29, 0.717) is 29.6 Å². The largest absolute Gasteiger partial charge is 0.494 e. The van der Waals surface area contributed by atoms with E-state index in [0.717, 1.165) is 22.9 Å². The van der Waals surface area contributed by atoms with Gasteiger partial charge in [-0.05, 0) is 88.9 Å². The Labute approximate surface area is 202 Å². The minimum Gasteiger partial charge on any atom is -0.494 e. The molecule has 0 saturated heterocycles. The van der Waals surface area contributed by atoms with Crippen molar-refractivity contribution < 1.29 is 19.1 Å². The minimum absolute atomic E-state index is 0.0333. The van der Waals surface area contributed by atoms with Gasteiger partial charge in [-0.25, -0.2) is 0 Å². The predicted molar refractivity (Wildman–Crippen MR) is 132 cm³/mol. The summed E-state index contributed by atoms with van der Waals surface area (Å²) in [4.78, 5) is 24.3. The molecule has 3 N–H and O–H groups in total. The number of aryl methyl sites for hydroxylation is 1. The van der Waals surface area contributed by atoms with Crippen molar-refractivity contribution in [3.05, 3.63) is 58.1 Å². The smallest absolute Gasteiger partial charge is 0.276 e. The van der Waals surface area contributed by atoms with Crippen LogP contribution in [-0.4, -0.2) is 30.1 Å². The van der Waals surface area contributed by atoms with Gasteiger partial charge in [-0.2, -0.15) is 0 Å². The highest BCUT2D eigenvalue weighted by Gasteiger charge is 2.10. The van der Waals surface area contributed by atoms with E-state index >= 15 is 0 Å². The molecule has 0 spiro atoms. The van der Waals surface area contributed by atoms with Crippen LogP contribution < -0.4 is 25.6 Å². The molecule has 0 aliphatic heterocycles. The molecule has 0 aliphatic carbocycles. The van der Waals surface area contributed by atoms with Crippen molar-refractivity contribution in [3.63, 3.8) is 0 Å². The van der Waals surface area contributed by atoms with Gasteiger partial charge in [-0.3, -0.25) is 25.8 Å². The number of hydrogen-bond donors (Lipinski definition) is 3. The molecule has 0 saturated carbocycles. The fourth-order valence-corrected chi connectivity index (χ4v) is 3.19. The first-order valence-electron chi connectivity index (χ1n) is 10.3. The maximum Gasteiger partial charge on any atom is 0.276 e. The summed E-state index contributed by atoms with van der Waals surface area (Å²) >= 11 is 8.47. The Hall–Kier alpha value is -2.65. The topological polar surface area (TPSA) is 88.7 Å². The third-order valence-corrected chi connectivity index (χ3v) is 5.21. The van der Waals surface area contributed by atoms with Crippen LogP contribution in [0.25, 0.3) is 0 Å². The third kappa shape index (κ3) is 8.84. The number of amides is 2. The zero-order valence-corrected chi connectivity index (χ0v) is 20.8. The second-order valence-corrected chi connectivity index (χ2v) is 8.68. The molecule has 0 radical (unpaired) electrons. The Morgan fingerprint density at radius 3 is 2.41 bits per heavy atom. The Morgan fingerprint density at radius 1 is 1.06 bits per heavy atom. The van der Waals surface area contributed by atoms with Crippen LogP contribution >= 0.6 is 28.1 Å². The lowest BCUT2D eigenvalue weighted by molar-refractivity contribution is -0.123. The zero-order valence-electron chi connectivity index (χ0n) is 18.4. The molecule has 0 aromatic heterocycles. The Morgan fingerprint density at radius 2 is 1.78 bits per heavy atom. The van der Waals surface area contributed by atoms with Gasteiger partial charge in [0.25, 0.3) is 11.8 Å². The molecule has 32 heavy (non-hydrogen) atoms. The van der Waals surface area contributed by atoms with E-state index in [4.69, 9.17) is 21.7 Å². The van der Waals surface area contributed by atoms with Gasteiger partial charge < -0.3 is 9.47 Å². The normalized spacial score (nSPS) is 10.4. The van der Waals surface area contributed by atoms with E-state index in [9.17, 15) is 9.59 Å². The molecule has 2 aromatic carbocycles. The molecule has 172 valence electrons. The molecular weight excluding hydrogens is 494 g/mol. The predicted octanol–water partition coefficient (Wildman–Crippen LogP) is 4.15. The van der Waals surface area contributed by atoms with Crippen LogP contribution in [0.3, 0.4) is 0 Å². The molecule has 0 bridgehead atoms. The van der Waals surface area contributed by atoms with Crippen LogP contribution in [0.2, 0.25) is 0 Å². The van der Waals surface area contributed by atoms with Crippen molar-refractivity contribution in [1.29, 1.82) is 0 Å². The maximum atomic E-state index is 12.3. The molecule has 0 fully saturated rings. The number of halogens is 1. The molecule has 2 amide bonds. The van der Waals surface area contributed by atoms with Crippen molar-refractivity contribution in [2.45, 2.75) is 33.6 Å². The lowest BCUT2D eigenvalue weighted by Gasteiger charge is -2.12. The Bertz CT molecular complexity index is 935. The minimum atomic E-state index is -0.448. The number of hydrogen-bond acceptors (Lipinski definition) is 5. The third-order valence-electron chi connectivity index (χ3n) is 4.39. The molecule has 2 rings (SSSR count). The summed E-state index contributed by atoms with van der Waals surface area (Å²) in [5.41, 5.74) is 6.45. The van der Waals surface area contributed by atoms with E-state index in [1.54, 1.807) is 30.3 Å². The summed E-state index contributed by atoms with van der Waals surface area (Å²) in [6, 6.07) is 12.4. The van der Waals surface area contributed by atoms with E-state index < -0.39 is 11.8 Å². The van der Waals surface area contributed by atoms with Crippen LogP contribution in [0.15, 0.2) is 46.9 Å². The molecule has 0 heterocycles. The van der Waals surface area contributed by atoms with Crippen molar-refractivity contribution in [2.75, 3.05) is 13.2 Å². The molecule has 9 heteroatoms. The molecule has 0 atom stereocenters. The quantitative estimate of drug-likeness (QED) is 0.339. The summed E-state index contributed by atoms with van der Waals surface area (Å²) in [5, 5.41) is 2.47. The first-order chi connectivity index (χ1) is 15.3. The molecule has 7 nitrogen and oxygen atoms in total. The zero-order chi connectivity index (χ0) is 23.5. The number of thiocarbonyl (C=S) groups is 1. The van der Waals surface area contributed by atoms with Crippen molar-refractivity contribution in [1.82, 2.24) is 16.2 Å². The lowest BCUT2D eigenvalue weighted by Crippen LogP contribution is -2.49. The van der Waals surface area contributed by atoms with Gasteiger partial charge in [-0.15, -0.1) is 0 Å². The number of carbonyl (C=O) groups is 2. The maximum absolute atomic E-state index is 12.3. The summed E-state index contributed by atoms with van der Waals surface area (Å²) in [6.07, 6.45) is 1.87. The fraction of sp³-hybridized carbons (Fsp3) is 0.348. The molecule has 0 aliphatic rings. The van der Waals surface area contributed by atoms with Gasteiger partial charge in [0, 0.05) is 5.56 Å². The standard InChI is InChI=1S/C23H28BrN3O4S/c1-4-16-5-10-20(19(24)13-16)31-14-21(28)26-27-23(32)25-22(29)17-6-8-18(9-7-17)30-12-11-15(2)3/h5-10,13,15H,4,11-12,14H2,1-3H3,(H,26,28)(H2,25,27,29,32). The molecule has 2 aromatic rings. The highest BCUT2D eigenvalue weighted by molar-refractivity contribution is 9.10. The highest BCUT2D eigenvalue weighted by atomic mass is 79.9. The molecule has 0 unspecified atom stereocenters. The second kappa shape index (κ2) is 13.0. The van der Waals surface area contributed by atoms with Crippen LogP contribution in [0.1, 0.15) is 43.1 Å². The van der Waals surface area contributed by atoms with E-state index in [-0.39, 0.29) is 11.7 Å². The van der Waals surface area contributed by atoms with Gasteiger partial charge in [-0.1, -0.05) is 26.8 Å². The van der Waals surface area contributed by atoms with Crippen molar-refractivity contribution in [2.24, 2.45) is 5.92 Å². The van der Waals surface area contributed by atoms with Gasteiger partial charge >= 0.3 is 0 Å². The fourth-order valence-electron chi connectivity index (χ4n) is 2.51. The first kappa shape index (κ1) is 25.6. The second-order valence-electron chi connectivity index (χ2n) is 7.42. The average Bonchev–Trinajstić information content (AvgIpc) is 2.77. The SMILES string of the molecule is CCc1ccc(OCC(=O)NNC(=S)NC(=O)c2ccc(OCCC(C)C)cc2)c(Br)c1. The van der Waals surface area contributed by atoms with Gasteiger partial charge in [0.2, 0.25) is 0 Å². The average molecular weight is 522 g/mol. The Kier molecular flexibility index (Phi) is 10.4. The number of benzene rings is 2. The summed E-state index contributed by atoms with van der Waals surface area (Å²) in [6.45, 7) is 6.73. The van der Waals surface area contributed by atoms with Crippen molar-refractivity contribution >= 4 is 45.1 Å². The van der Waals surface area contributed by atoms with E-state index in [1.807, 2.05) is 12.1 Å². The number of nitrogens with one attached hydrogen (secondary N) is 3. The number of rotatable bonds is 9. The Balaban J connectivity index is 1.72. The summed E-state index contributed by atoms with van der Waals surface area (Å²) in [5.74, 6) is 0.975. The van der Waals surface area contributed by atoms with E-state index in [2.05, 4.69) is 52.9 Å². The van der Waals surface area contributed by atoms with Crippen LogP contribution in [0.4, 0.5) is 0 Å². The van der Waals surface area contributed by atoms with Crippen LogP contribution in [0.5, 0.6) is 11.5 Å². The number of carbonyl (C=O) groups excluding carboxylic acids is 2. The van der Waals surface area contributed by atoms with Gasteiger partial charge in [0.1, 0.15) is 11.5 Å². The van der Waals surface area contributed by atoms with E-state index in [1.165, 1.54) is 0 Å². The molecular formula is C23H28BrN3O4S. The number of hydrazine groups is 1. The summed E-state index contributed by atoms with van der Waals surface area (Å²) in [7, 11) is 0. The lowest BCUT2D eigenvalue weighted by atomic mass is 10.1. The summed E-state index contributed by atoms with van der Waals surface area (Å²) < 4.78 is 11.9.